The fourth-order valence-corrected chi connectivity index (χ4v) is 2.60. The lowest BCUT2D eigenvalue weighted by Gasteiger charge is -2.04. The number of aromatic nitrogens is 3. The van der Waals surface area contributed by atoms with Gasteiger partial charge in [0.15, 0.2) is 0 Å². The zero-order chi connectivity index (χ0) is 17.6. The Kier molecular flexibility index (Phi) is 3.35. The van der Waals surface area contributed by atoms with Gasteiger partial charge in [0.1, 0.15) is 17.1 Å². The van der Waals surface area contributed by atoms with Crippen molar-refractivity contribution in [2.24, 2.45) is 0 Å². The van der Waals surface area contributed by atoms with Gasteiger partial charge in [0.05, 0.1) is 5.52 Å². The SMILES string of the molecule is Cc1ccc(-c2noc(-c3c(O)c4ccc(F)cc4[nH]c3=O)n2)cc1. The number of aromatic hydroxyl groups is 1. The van der Waals surface area contributed by atoms with Crippen molar-refractivity contribution in [2.45, 2.75) is 6.92 Å². The van der Waals surface area contributed by atoms with E-state index in [2.05, 4.69) is 15.1 Å². The first kappa shape index (κ1) is 15.1. The van der Waals surface area contributed by atoms with Gasteiger partial charge in [-0.15, -0.1) is 0 Å². The molecule has 7 heteroatoms. The van der Waals surface area contributed by atoms with Crippen LogP contribution in [0.25, 0.3) is 33.7 Å². The van der Waals surface area contributed by atoms with Crippen molar-refractivity contribution >= 4 is 10.9 Å². The number of benzene rings is 2. The second-order valence-corrected chi connectivity index (χ2v) is 5.66. The highest BCUT2D eigenvalue weighted by atomic mass is 19.1. The Morgan fingerprint density at radius 2 is 1.92 bits per heavy atom. The number of aromatic amines is 1. The molecule has 0 saturated heterocycles. The molecule has 0 spiro atoms. The molecule has 0 unspecified atom stereocenters. The van der Waals surface area contributed by atoms with Gasteiger partial charge in [-0.25, -0.2) is 4.39 Å². The molecule has 2 N–H and O–H groups in total. The molecule has 2 aromatic carbocycles. The molecule has 0 saturated carbocycles. The van der Waals surface area contributed by atoms with Crippen LogP contribution >= 0.6 is 0 Å². The van der Waals surface area contributed by atoms with Gasteiger partial charge in [-0.05, 0) is 25.1 Å². The molecule has 0 radical (unpaired) electrons. The predicted octanol–water partition coefficient (Wildman–Crippen LogP) is 3.40. The number of hydrogen-bond acceptors (Lipinski definition) is 5. The van der Waals surface area contributed by atoms with Gasteiger partial charge in [0.25, 0.3) is 11.4 Å². The second kappa shape index (κ2) is 5.55. The minimum atomic E-state index is -0.644. The molecule has 4 rings (SSSR count). The number of H-pyrrole nitrogens is 1. The Hall–Kier alpha value is -3.48. The van der Waals surface area contributed by atoms with Crippen LogP contribution in [0.4, 0.5) is 4.39 Å². The van der Waals surface area contributed by atoms with Gasteiger partial charge in [-0.2, -0.15) is 4.98 Å². The molecule has 2 aromatic heterocycles. The Morgan fingerprint density at radius 3 is 2.68 bits per heavy atom. The maximum atomic E-state index is 13.3. The van der Waals surface area contributed by atoms with E-state index in [9.17, 15) is 14.3 Å². The average Bonchev–Trinajstić information content (AvgIpc) is 3.04. The summed E-state index contributed by atoms with van der Waals surface area (Å²) in [6.07, 6.45) is 0. The third kappa shape index (κ3) is 2.55. The van der Waals surface area contributed by atoms with Gasteiger partial charge in [-0.3, -0.25) is 4.79 Å². The molecule has 0 fully saturated rings. The molecule has 0 aliphatic rings. The number of rotatable bonds is 2. The molecule has 0 amide bonds. The van der Waals surface area contributed by atoms with E-state index in [1.54, 1.807) is 0 Å². The molecular weight excluding hydrogens is 325 g/mol. The van der Waals surface area contributed by atoms with Crippen LogP contribution in [0.3, 0.4) is 0 Å². The molecule has 25 heavy (non-hydrogen) atoms. The summed E-state index contributed by atoms with van der Waals surface area (Å²) >= 11 is 0. The Labute approximate surface area is 140 Å². The maximum absolute atomic E-state index is 13.3. The summed E-state index contributed by atoms with van der Waals surface area (Å²) in [5.74, 6) is -0.666. The summed E-state index contributed by atoms with van der Waals surface area (Å²) in [6, 6.07) is 11.2. The van der Waals surface area contributed by atoms with E-state index in [-0.39, 0.29) is 28.1 Å². The number of hydrogen-bond donors (Lipinski definition) is 2. The highest BCUT2D eigenvalue weighted by Gasteiger charge is 2.20. The summed E-state index contributed by atoms with van der Waals surface area (Å²) in [4.78, 5) is 19.0. The van der Waals surface area contributed by atoms with Crippen molar-refractivity contribution < 1.29 is 14.0 Å². The zero-order valence-corrected chi connectivity index (χ0v) is 13.1. The summed E-state index contributed by atoms with van der Waals surface area (Å²) in [7, 11) is 0. The van der Waals surface area contributed by atoms with E-state index in [1.165, 1.54) is 12.1 Å². The molecule has 6 nitrogen and oxygen atoms in total. The molecule has 124 valence electrons. The summed E-state index contributed by atoms with van der Waals surface area (Å²) in [5.41, 5.74) is 1.20. The van der Waals surface area contributed by atoms with E-state index >= 15 is 0 Å². The normalized spacial score (nSPS) is 11.1. The molecule has 2 heterocycles. The van der Waals surface area contributed by atoms with E-state index < -0.39 is 11.4 Å². The minimum absolute atomic E-state index is 0.111. The zero-order valence-electron chi connectivity index (χ0n) is 13.1. The third-order valence-corrected chi connectivity index (χ3v) is 3.90. The Bertz CT molecular complexity index is 1150. The number of nitrogens with zero attached hydrogens (tertiary/aromatic N) is 2. The van der Waals surface area contributed by atoms with Crippen LogP contribution in [0.5, 0.6) is 5.75 Å². The quantitative estimate of drug-likeness (QED) is 0.585. The van der Waals surface area contributed by atoms with Gasteiger partial charge in [-0.1, -0.05) is 35.0 Å². The largest absolute Gasteiger partial charge is 0.506 e. The maximum Gasteiger partial charge on any atom is 0.267 e. The number of aryl methyl sites for hydroxylation is 1. The summed E-state index contributed by atoms with van der Waals surface area (Å²) < 4.78 is 18.5. The van der Waals surface area contributed by atoms with Gasteiger partial charge in [0.2, 0.25) is 5.82 Å². The number of pyridine rings is 1. The lowest BCUT2D eigenvalue weighted by molar-refractivity contribution is 0.426. The van der Waals surface area contributed by atoms with Crippen molar-refractivity contribution in [3.63, 3.8) is 0 Å². The van der Waals surface area contributed by atoms with Gasteiger partial charge >= 0.3 is 0 Å². The lowest BCUT2D eigenvalue weighted by Crippen LogP contribution is -2.09. The second-order valence-electron chi connectivity index (χ2n) is 5.66. The molecule has 0 atom stereocenters. The van der Waals surface area contributed by atoms with E-state index in [4.69, 9.17) is 4.52 Å². The molecule has 0 bridgehead atoms. The van der Waals surface area contributed by atoms with Gasteiger partial charge < -0.3 is 14.6 Å². The van der Waals surface area contributed by atoms with Crippen molar-refractivity contribution in [3.05, 3.63) is 64.2 Å². The first-order valence-corrected chi connectivity index (χ1v) is 7.48. The van der Waals surface area contributed by atoms with Crippen molar-refractivity contribution in [2.75, 3.05) is 0 Å². The van der Waals surface area contributed by atoms with Crippen molar-refractivity contribution in [1.29, 1.82) is 0 Å². The summed E-state index contributed by atoms with van der Waals surface area (Å²) in [6.45, 7) is 1.96. The minimum Gasteiger partial charge on any atom is -0.506 e. The smallest absolute Gasteiger partial charge is 0.267 e. The molecule has 0 aliphatic carbocycles. The van der Waals surface area contributed by atoms with E-state index in [0.717, 1.165) is 17.2 Å². The highest BCUT2D eigenvalue weighted by molar-refractivity contribution is 5.90. The average molecular weight is 337 g/mol. The predicted molar refractivity (Wildman–Crippen MR) is 89.7 cm³/mol. The number of halogens is 1. The first-order valence-electron chi connectivity index (χ1n) is 7.48. The van der Waals surface area contributed by atoms with Crippen molar-refractivity contribution in [3.8, 4) is 28.6 Å². The van der Waals surface area contributed by atoms with Crippen LogP contribution in [-0.4, -0.2) is 20.2 Å². The fraction of sp³-hybridized carbons (Fsp3) is 0.0556. The van der Waals surface area contributed by atoms with E-state index in [1.807, 2.05) is 31.2 Å². The monoisotopic (exact) mass is 337 g/mol. The topological polar surface area (TPSA) is 92.0 Å². The highest BCUT2D eigenvalue weighted by Crippen LogP contribution is 2.32. The van der Waals surface area contributed by atoms with Crippen LogP contribution < -0.4 is 5.56 Å². The van der Waals surface area contributed by atoms with Crippen LogP contribution in [0.2, 0.25) is 0 Å². The van der Waals surface area contributed by atoms with Crippen LogP contribution in [0, 0.1) is 12.7 Å². The third-order valence-electron chi connectivity index (χ3n) is 3.90. The fourth-order valence-electron chi connectivity index (χ4n) is 2.60. The standard InChI is InChI=1S/C18H12FN3O3/c1-9-2-4-10(5-3-9)16-21-18(25-22-16)14-15(23)12-7-6-11(19)8-13(12)20-17(14)24/h2-8H,1H3,(H2,20,23,24). The molecule has 0 aliphatic heterocycles. The Morgan fingerprint density at radius 1 is 1.16 bits per heavy atom. The first-order chi connectivity index (χ1) is 12.0. The van der Waals surface area contributed by atoms with Crippen LogP contribution in [-0.2, 0) is 0 Å². The Balaban J connectivity index is 1.86. The van der Waals surface area contributed by atoms with Crippen LogP contribution in [0.15, 0.2) is 51.8 Å². The van der Waals surface area contributed by atoms with Crippen LogP contribution in [0.1, 0.15) is 5.56 Å². The molecular formula is C18H12FN3O3. The molecule has 4 aromatic rings. The van der Waals surface area contributed by atoms with Gasteiger partial charge in [0, 0.05) is 10.9 Å². The lowest BCUT2D eigenvalue weighted by atomic mass is 10.1. The van der Waals surface area contributed by atoms with Crippen molar-refractivity contribution in [1.82, 2.24) is 15.1 Å². The van der Waals surface area contributed by atoms with E-state index in [0.29, 0.717) is 5.82 Å². The number of fused-ring (bicyclic) bond motifs is 1. The number of nitrogens with one attached hydrogen (secondary N) is 1. The summed E-state index contributed by atoms with van der Waals surface area (Å²) in [5, 5.41) is 14.6.